The van der Waals surface area contributed by atoms with Crippen LogP contribution in [-0.4, -0.2) is 18.1 Å². The molecule has 1 unspecified atom stereocenters. The number of alkyl halides is 6. The first-order chi connectivity index (χ1) is 6.52. The first kappa shape index (κ1) is 14.2. The number of hydrogen-bond donors (Lipinski definition) is 0. The molecule has 0 aromatic heterocycles. The minimum atomic E-state index is -4.75. The van der Waals surface area contributed by atoms with Gasteiger partial charge in [0.2, 0.25) is 0 Å². The molecule has 7 heteroatoms. The Hall–Kier alpha value is -0.750. The lowest BCUT2D eigenvalue weighted by atomic mass is 9.97. The van der Waals surface area contributed by atoms with Gasteiger partial charge in [-0.1, -0.05) is 0 Å². The molecule has 0 aromatic rings. The van der Waals surface area contributed by atoms with Gasteiger partial charge in [-0.15, -0.1) is 0 Å². The average molecular weight is 236 g/mol. The molecular weight excluding hydrogens is 226 g/mol. The van der Waals surface area contributed by atoms with Crippen LogP contribution in [0.15, 0.2) is 0 Å². The fourth-order valence-corrected chi connectivity index (χ4v) is 1.07. The fourth-order valence-electron chi connectivity index (χ4n) is 1.07. The highest BCUT2D eigenvalue weighted by molar-refractivity contribution is 5.75. The zero-order chi connectivity index (χ0) is 12.3. The van der Waals surface area contributed by atoms with Crippen LogP contribution < -0.4 is 0 Å². The van der Waals surface area contributed by atoms with Crippen LogP contribution in [0.4, 0.5) is 26.3 Å². The molecule has 1 atom stereocenters. The summed E-state index contributed by atoms with van der Waals surface area (Å²) < 4.78 is 71.5. The van der Waals surface area contributed by atoms with Crippen LogP contribution in [0.3, 0.4) is 0 Å². The van der Waals surface area contributed by atoms with E-state index in [-0.39, 0.29) is 0 Å². The van der Waals surface area contributed by atoms with Crippen molar-refractivity contribution in [1.29, 1.82) is 0 Å². The molecule has 0 aromatic carbocycles. The van der Waals surface area contributed by atoms with Crippen LogP contribution in [-0.2, 0) is 4.79 Å². The molecule has 0 heterocycles. The highest BCUT2D eigenvalue weighted by atomic mass is 19.4. The third-order valence-corrected chi connectivity index (χ3v) is 1.77. The quantitative estimate of drug-likeness (QED) is 0.683. The maximum Gasteiger partial charge on any atom is 0.392 e. The van der Waals surface area contributed by atoms with Gasteiger partial charge < -0.3 is 4.79 Å². The largest absolute Gasteiger partial charge is 0.392 e. The van der Waals surface area contributed by atoms with Crippen molar-refractivity contribution >= 4 is 5.78 Å². The third-order valence-electron chi connectivity index (χ3n) is 1.77. The van der Waals surface area contributed by atoms with Crippen molar-refractivity contribution in [2.75, 3.05) is 0 Å². The molecule has 0 spiro atoms. The molecule has 0 rings (SSSR count). The molecule has 1 nitrogen and oxygen atoms in total. The zero-order valence-electron chi connectivity index (χ0n) is 7.87. The molecule has 0 saturated heterocycles. The Morgan fingerprint density at radius 2 is 1.60 bits per heavy atom. The topological polar surface area (TPSA) is 17.1 Å². The maximum atomic E-state index is 12.1. The first-order valence-corrected chi connectivity index (χ1v) is 4.15. The van der Waals surface area contributed by atoms with Gasteiger partial charge in [0, 0.05) is 12.8 Å². The van der Waals surface area contributed by atoms with E-state index in [4.69, 9.17) is 0 Å². The van der Waals surface area contributed by atoms with Crippen molar-refractivity contribution in [3.63, 3.8) is 0 Å². The lowest BCUT2D eigenvalue weighted by Crippen LogP contribution is -2.26. The normalized spacial score (nSPS) is 15.1. The number of halogens is 6. The molecule has 0 radical (unpaired) electrons. The van der Waals surface area contributed by atoms with E-state index in [1.165, 1.54) is 0 Å². The van der Waals surface area contributed by atoms with Gasteiger partial charge in [0.15, 0.2) is 0 Å². The molecule has 0 fully saturated rings. The van der Waals surface area contributed by atoms with Crippen LogP contribution in [0.5, 0.6) is 0 Å². The summed E-state index contributed by atoms with van der Waals surface area (Å²) in [6, 6.07) is 0. The Balaban J connectivity index is 4.33. The smallest absolute Gasteiger partial charge is 0.300 e. The highest BCUT2D eigenvalue weighted by Crippen LogP contribution is 2.35. The summed E-state index contributed by atoms with van der Waals surface area (Å²) >= 11 is 0. The molecule has 90 valence electrons. The lowest BCUT2D eigenvalue weighted by Gasteiger charge is -2.19. The molecule has 0 N–H and O–H groups in total. The number of Topliss-reactive ketones (excluding diaryl/α,β-unsaturated/α-hetero) is 1. The van der Waals surface area contributed by atoms with E-state index in [1.54, 1.807) is 0 Å². The van der Waals surface area contributed by atoms with Gasteiger partial charge in [0.25, 0.3) is 0 Å². The second kappa shape index (κ2) is 4.85. The van der Waals surface area contributed by atoms with Crippen molar-refractivity contribution in [1.82, 2.24) is 0 Å². The van der Waals surface area contributed by atoms with E-state index >= 15 is 0 Å². The van der Waals surface area contributed by atoms with E-state index in [1.807, 2.05) is 0 Å². The molecule has 0 aliphatic heterocycles. The Morgan fingerprint density at radius 1 is 1.13 bits per heavy atom. The predicted octanol–water partition coefficient (Wildman–Crippen LogP) is 3.49. The molecule has 0 bridgehead atoms. The van der Waals surface area contributed by atoms with E-state index < -0.39 is 43.3 Å². The second-order valence-corrected chi connectivity index (χ2v) is 3.30. The van der Waals surface area contributed by atoms with Gasteiger partial charge in [-0.2, -0.15) is 26.3 Å². The maximum absolute atomic E-state index is 12.1. The average Bonchev–Trinajstić information content (AvgIpc) is 1.93. The SMILES string of the molecule is CC(=O)CC(CCC(F)(F)F)C(F)(F)F. The summed E-state index contributed by atoms with van der Waals surface area (Å²) in [5.41, 5.74) is 0. The van der Waals surface area contributed by atoms with Crippen molar-refractivity contribution in [3.8, 4) is 0 Å². The van der Waals surface area contributed by atoms with Crippen LogP contribution in [0.2, 0.25) is 0 Å². The highest BCUT2D eigenvalue weighted by Gasteiger charge is 2.42. The van der Waals surface area contributed by atoms with Gasteiger partial charge in [0.05, 0.1) is 5.92 Å². The summed E-state index contributed by atoms with van der Waals surface area (Å²) in [6.07, 6.45) is -12.9. The number of hydrogen-bond acceptors (Lipinski definition) is 1. The van der Waals surface area contributed by atoms with Crippen molar-refractivity contribution < 1.29 is 31.1 Å². The summed E-state index contributed by atoms with van der Waals surface area (Å²) in [4.78, 5) is 10.4. The molecule has 15 heavy (non-hydrogen) atoms. The minimum Gasteiger partial charge on any atom is -0.300 e. The third kappa shape index (κ3) is 7.21. The number of rotatable bonds is 4. The van der Waals surface area contributed by atoms with Gasteiger partial charge in [0.1, 0.15) is 5.78 Å². The standard InChI is InChI=1S/C8H10F6O/c1-5(15)4-6(8(12,13)14)2-3-7(9,10)11/h6H,2-4H2,1H3. The summed E-state index contributed by atoms with van der Waals surface area (Å²) in [5.74, 6) is -2.96. The lowest BCUT2D eigenvalue weighted by molar-refractivity contribution is -0.191. The van der Waals surface area contributed by atoms with Crippen LogP contribution in [0.1, 0.15) is 26.2 Å². The summed E-state index contributed by atoms with van der Waals surface area (Å²) in [6.45, 7) is 0.923. The van der Waals surface area contributed by atoms with E-state index in [2.05, 4.69) is 0 Å². The molecule has 0 aliphatic rings. The number of carbonyl (C=O) groups is 1. The Kier molecular flexibility index (Phi) is 4.61. The molecular formula is C8H10F6O. The second-order valence-electron chi connectivity index (χ2n) is 3.30. The predicted molar refractivity (Wildman–Crippen MR) is 40.1 cm³/mol. The number of carbonyl (C=O) groups excluding carboxylic acids is 1. The van der Waals surface area contributed by atoms with Crippen molar-refractivity contribution in [2.24, 2.45) is 5.92 Å². The van der Waals surface area contributed by atoms with Crippen molar-refractivity contribution in [3.05, 3.63) is 0 Å². The van der Waals surface area contributed by atoms with Crippen molar-refractivity contribution in [2.45, 2.75) is 38.5 Å². The van der Waals surface area contributed by atoms with Crippen LogP contribution in [0.25, 0.3) is 0 Å². The Bertz CT molecular complexity index is 216. The summed E-state index contributed by atoms with van der Waals surface area (Å²) in [7, 11) is 0. The minimum absolute atomic E-state index is 0.764. The fraction of sp³-hybridized carbons (Fsp3) is 0.875. The zero-order valence-corrected chi connectivity index (χ0v) is 7.87. The Labute approximate surface area is 82.4 Å². The molecule has 0 aliphatic carbocycles. The van der Waals surface area contributed by atoms with E-state index in [0.717, 1.165) is 6.92 Å². The van der Waals surface area contributed by atoms with Gasteiger partial charge in [-0.3, -0.25) is 0 Å². The molecule has 0 amide bonds. The monoisotopic (exact) mass is 236 g/mol. The number of ketones is 1. The van der Waals surface area contributed by atoms with Crippen LogP contribution >= 0.6 is 0 Å². The van der Waals surface area contributed by atoms with Gasteiger partial charge in [-0.05, 0) is 13.3 Å². The van der Waals surface area contributed by atoms with Crippen LogP contribution in [0, 0.1) is 5.92 Å². The first-order valence-electron chi connectivity index (χ1n) is 4.15. The van der Waals surface area contributed by atoms with Gasteiger partial charge in [-0.25, -0.2) is 0 Å². The van der Waals surface area contributed by atoms with E-state index in [0.29, 0.717) is 0 Å². The molecule has 0 saturated carbocycles. The van der Waals surface area contributed by atoms with Gasteiger partial charge >= 0.3 is 12.4 Å². The van der Waals surface area contributed by atoms with E-state index in [9.17, 15) is 31.1 Å². The summed E-state index contributed by atoms with van der Waals surface area (Å²) in [5, 5.41) is 0. The Morgan fingerprint density at radius 3 is 1.87 bits per heavy atom.